The van der Waals surface area contributed by atoms with Crippen LogP contribution in [0, 0.1) is 6.92 Å². The van der Waals surface area contributed by atoms with E-state index in [0.29, 0.717) is 13.0 Å². The molecule has 0 unspecified atom stereocenters. The molecule has 0 saturated heterocycles. The molecule has 1 heterocycles. The van der Waals surface area contributed by atoms with Crippen molar-refractivity contribution < 1.29 is 22.1 Å². The van der Waals surface area contributed by atoms with Crippen molar-refractivity contribution in [2.75, 3.05) is 20.8 Å². The van der Waals surface area contributed by atoms with E-state index in [4.69, 9.17) is 13.7 Å². The first-order valence-corrected chi connectivity index (χ1v) is 12.8. The van der Waals surface area contributed by atoms with Crippen molar-refractivity contribution in [2.24, 2.45) is 0 Å². The first-order chi connectivity index (χ1) is 16.9. The third-order valence-electron chi connectivity index (χ3n) is 5.77. The molecule has 0 fully saturated rings. The van der Waals surface area contributed by atoms with Gasteiger partial charge in [0, 0.05) is 29.7 Å². The van der Waals surface area contributed by atoms with Crippen LogP contribution in [0.1, 0.15) is 23.1 Å². The van der Waals surface area contributed by atoms with Gasteiger partial charge in [-0.05, 0) is 60.9 Å². The zero-order chi connectivity index (χ0) is 24.8. The molecule has 0 N–H and O–H groups in total. The van der Waals surface area contributed by atoms with E-state index in [1.807, 2.05) is 43.5 Å². The highest BCUT2D eigenvalue weighted by molar-refractivity contribution is 7.86. The molecular formula is C28H29NO5S. The molecule has 7 heteroatoms. The molecule has 0 aliphatic rings. The molecule has 0 amide bonds. The van der Waals surface area contributed by atoms with Crippen LogP contribution in [0.4, 0.5) is 0 Å². The summed E-state index contributed by atoms with van der Waals surface area (Å²) >= 11 is 0. The van der Waals surface area contributed by atoms with E-state index < -0.39 is 10.1 Å². The smallest absolute Gasteiger partial charge is 0.296 e. The maximum Gasteiger partial charge on any atom is 0.296 e. The molecule has 35 heavy (non-hydrogen) atoms. The molecule has 0 atom stereocenters. The van der Waals surface area contributed by atoms with E-state index >= 15 is 0 Å². The summed E-state index contributed by atoms with van der Waals surface area (Å²) in [6, 6.07) is 20.6. The summed E-state index contributed by atoms with van der Waals surface area (Å²) in [6.45, 7) is 2.68. The standard InChI is InChI=1S/C28H29NO5S/c1-21-8-12-26(13-9-21)35(30,31)34-17-5-15-29-16-14-27-23(6-4-7-28(27)29)11-10-22-18-24(32-2)20-25(19-22)33-3/h4,6-14,16,18-20H,5,15,17H2,1-3H3/b11-10+. The molecule has 0 aliphatic heterocycles. The monoisotopic (exact) mass is 491 g/mol. The first kappa shape index (κ1) is 24.6. The van der Waals surface area contributed by atoms with Crippen LogP contribution in [0.15, 0.2) is 77.8 Å². The number of hydrogen-bond acceptors (Lipinski definition) is 5. The van der Waals surface area contributed by atoms with Gasteiger partial charge in [-0.15, -0.1) is 0 Å². The Morgan fingerprint density at radius 3 is 2.29 bits per heavy atom. The predicted molar refractivity (Wildman–Crippen MR) is 139 cm³/mol. The van der Waals surface area contributed by atoms with Gasteiger partial charge in [-0.25, -0.2) is 0 Å². The molecule has 0 saturated carbocycles. The first-order valence-electron chi connectivity index (χ1n) is 11.3. The van der Waals surface area contributed by atoms with Gasteiger partial charge in [0.1, 0.15) is 11.5 Å². The molecule has 4 rings (SSSR count). The van der Waals surface area contributed by atoms with Crippen LogP contribution in [-0.2, 0) is 20.8 Å². The second kappa shape index (κ2) is 10.8. The third-order valence-corrected chi connectivity index (χ3v) is 7.09. The topological polar surface area (TPSA) is 66.8 Å². The van der Waals surface area contributed by atoms with Crippen molar-refractivity contribution >= 4 is 33.2 Å². The molecule has 0 radical (unpaired) electrons. The number of aromatic nitrogens is 1. The summed E-state index contributed by atoms with van der Waals surface area (Å²) in [5, 5.41) is 1.12. The Hall–Kier alpha value is -3.55. The Balaban J connectivity index is 1.43. The number of nitrogens with zero attached hydrogens (tertiary/aromatic N) is 1. The second-order valence-electron chi connectivity index (χ2n) is 8.21. The molecule has 0 spiro atoms. The number of fused-ring (bicyclic) bond motifs is 1. The van der Waals surface area contributed by atoms with Gasteiger partial charge in [0.25, 0.3) is 10.1 Å². The fourth-order valence-corrected chi connectivity index (χ4v) is 4.82. The average molecular weight is 492 g/mol. The molecule has 0 bridgehead atoms. The van der Waals surface area contributed by atoms with Gasteiger partial charge in [0.15, 0.2) is 0 Å². The highest BCUT2D eigenvalue weighted by Crippen LogP contribution is 2.26. The van der Waals surface area contributed by atoms with Gasteiger partial charge < -0.3 is 14.0 Å². The van der Waals surface area contributed by atoms with Gasteiger partial charge in [-0.1, -0.05) is 42.0 Å². The molecule has 3 aromatic carbocycles. The van der Waals surface area contributed by atoms with Crippen LogP contribution in [0.3, 0.4) is 0 Å². The molecule has 1 aromatic heterocycles. The third kappa shape index (κ3) is 5.93. The Kier molecular flexibility index (Phi) is 7.58. The van der Waals surface area contributed by atoms with Crippen LogP contribution in [0.2, 0.25) is 0 Å². The summed E-state index contributed by atoms with van der Waals surface area (Å²) in [5.74, 6) is 1.47. The van der Waals surface area contributed by atoms with Crippen LogP contribution in [0.5, 0.6) is 11.5 Å². The number of methoxy groups -OCH3 is 2. The number of hydrogen-bond donors (Lipinski definition) is 0. The van der Waals surface area contributed by atoms with E-state index in [0.717, 1.165) is 39.1 Å². The van der Waals surface area contributed by atoms with Crippen molar-refractivity contribution in [2.45, 2.75) is 24.8 Å². The Morgan fingerprint density at radius 1 is 0.886 bits per heavy atom. The minimum absolute atomic E-state index is 0.118. The lowest BCUT2D eigenvalue weighted by Gasteiger charge is -2.08. The summed E-state index contributed by atoms with van der Waals surface area (Å²) in [5.41, 5.74) is 4.14. The maximum absolute atomic E-state index is 12.4. The van der Waals surface area contributed by atoms with Crippen LogP contribution >= 0.6 is 0 Å². The highest BCUT2D eigenvalue weighted by Gasteiger charge is 2.14. The van der Waals surface area contributed by atoms with E-state index in [1.165, 1.54) is 0 Å². The summed E-state index contributed by atoms with van der Waals surface area (Å²) in [7, 11) is -0.480. The minimum Gasteiger partial charge on any atom is -0.497 e. The van der Waals surface area contributed by atoms with Gasteiger partial charge in [-0.2, -0.15) is 8.42 Å². The average Bonchev–Trinajstić information content (AvgIpc) is 3.29. The molecule has 0 aliphatic carbocycles. The van der Waals surface area contributed by atoms with Gasteiger partial charge >= 0.3 is 0 Å². The fraction of sp³-hybridized carbons (Fsp3) is 0.214. The number of rotatable bonds is 10. The van der Waals surface area contributed by atoms with Crippen molar-refractivity contribution in [1.29, 1.82) is 0 Å². The molecule has 4 aromatic rings. The lowest BCUT2D eigenvalue weighted by Crippen LogP contribution is -2.09. The predicted octanol–water partition coefficient (Wildman–Crippen LogP) is 5.93. The normalized spacial score (nSPS) is 11.9. The maximum atomic E-state index is 12.4. The SMILES string of the molecule is COc1cc(/C=C/c2cccc3c2ccn3CCCOS(=O)(=O)c2ccc(C)cc2)cc(OC)c1. The number of ether oxygens (including phenoxy) is 2. The van der Waals surface area contributed by atoms with Gasteiger partial charge in [0.2, 0.25) is 0 Å². The Labute approximate surface area is 206 Å². The Bertz CT molecular complexity index is 1410. The van der Waals surface area contributed by atoms with Gasteiger partial charge in [0.05, 0.1) is 25.7 Å². The quantitative estimate of drug-likeness (QED) is 0.156. The fourth-order valence-electron chi connectivity index (χ4n) is 3.88. The zero-order valence-corrected chi connectivity index (χ0v) is 20.9. The zero-order valence-electron chi connectivity index (χ0n) is 20.1. The summed E-state index contributed by atoms with van der Waals surface area (Å²) < 4.78 is 42.8. The minimum atomic E-state index is -3.75. The Morgan fingerprint density at radius 2 is 1.60 bits per heavy atom. The molecule has 182 valence electrons. The van der Waals surface area contributed by atoms with Crippen molar-refractivity contribution in [1.82, 2.24) is 4.57 Å². The van der Waals surface area contributed by atoms with E-state index in [-0.39, 0.29) is 11.5 Å². The van der Waals surface area contributed by atoms with Crippen molar-refractivity contribution in [3.05, 3.63) is 89.6 Å². The lowest BCUT2D eigenvalue weighted by atomic mass is 10.1. The van der Waals surface area contributed by atoms with Gasteiger partial charge in [-0.3, -0.25) is 4.18 Å². The van der Waals surface area contributed by atoms with E-state index in [1.54, 1.807) is 38.5 Å². The van der Waals surface area contributed by atoms with Crippen LogP contribution in [-0.4, -0.2) is 33.8 Å². The number of benzene rings is 3. The molecular weight excluding hydrogens is 462 g/mol. The van der Waals surface area contributed by atoms with Crippen LogP contribution in [0.25, 0.3) is 23.1 Å². The van der Waals surface area contributed by atoms with E-state index in [2.05, 4.69) is 28.8 Å². The van der Waals surface area contributed by atoms with Crippen LogP contribution < -0.4 is 9.47 Å². The second-order valence-corrected chi connectivity index (χ2v) is 9.83. The van der Waals surface area contributed by atoms with E-state index in [9.17, 15) is 8.42 Å². The lowest BCUT2D eigenvalue weighted by molar-refractivity contribution is 0.304. The van der Waals surface area contributed by atoms with Crippen molar-refractivity contribution in [3.8, 4) is 11.5 Å². The summed E-state index contributed by atoms with van der Waals surface area (Å²) in [6.07, 6.45) is 6.68. The van der Waals surface area contributed by atoms with Crippen molar-refractivity contribution in [3.63, 3.8) is 0 Å². The highest BCUT2D eigenvalue weighted by atomic mass is 32.2. The largest absolute Gasteiger partial charge is 0.497 e. The number of aryl methyl sites for hydroxylation is 2. The molecule has 6 nitrogen and oxygen atoms in total. The summed E-state index contributed by atoms with van der Waals surface area (Å²) in [4.78, 5) is 0.180.